The normalized spacial score (nSPS) is 14.1. The van der Waals surface area contributed by atoms with E-state index < -0.39 is 0 Å². The minimum Gasteiger partial charge on any atom is -0.384 e. The summed E-state index contributed by atoms with van der Waals surface area (Å²) in [6.45, 7) is 7.60. The Morgan fingerprint density at radius 3 is 2.89 bits per heavy atom. The fraction of sp³-hybridized carbons (Fsp3) is 0.692. The molecule has 1 aromatic rings. The highest BCUT2D eigenvalue weighted by Gasteiger charge is 2.13. The van der Waals surface area contributed by atoms with Crippen LogP contribution >= 0.6 is 11.3 Å². The zero-order valence-corrected chi connectivity index (χ0v) is 12.8. The molecule has 19 heavy (non-hydrogen) atoms. The second-order valence-corrected chi connectivity index (χ2v) is 5.53. The molecule has 0 saturated carbocycles. The summed E-state index contributed by atoms with van der Waals surface area (Å²) < 4.78 is 5.02. The number of anilines is 1. The third-order valence-corrected chi connectivity index (χ3v) is 3.48. The number of amides is 1. The number of carbonyl (C=O) groups is 1. The lowest BCUT2D eigenvalue weighted by Gasteiger charge is -2.09. The van der Waals surface area contributed by atoms with Gasteiger partial charge in [0.05, 0.1) is 5.69 Å². The number of methoxy groups -OCH3 is 1. The number of nitrogens with zero attached hydrogens (tertiary/aromatic N) is 1. The SMILES string of the molecule is CCNC(C)c1csc(NC(=O)CC(C)COC)n1. The maximum atomic E-state index is 11.8. The van der Waals surface area contributed by atoms with E-state index in [9.17, 15) is 4.79 Å². The number of aromatic nitrogens is 1. The first kappa shape index (κ1) is 16.1. The summed E-state index contributed by atoms with van der Waals surface area (Å²) in [4.78, 5) is 16.2. The highest BCUT2D eigenvalue weighted by molar-refractivity contribution is 7.13. The quantitative estimate of drug-likeness (QED) is 0.770. The van der Waals surface area contributed by atoms with Crippen molar-refractivity contribution >= 4 is 22.4 Å². The van der Waals surface area contributed by atoms with Crippen molar-refractivity contribution in [2.75, 3.05) is 25.6 Å². The highest BCUT2D eigenvalue weighted by atomic mass is 32.1. The van der Waals surface area contributed by atoms with Crippen LogP contribution in [0.2, 0.25) is 0 Å². The van der Waals surface area contributed by atoms with Gasteiger partial charge in [-0.25, -0.2) is 4.98 Å². The van der Waals surface area contributed by atoms with Gasteiger partial charge in [-0.05, 0) is 19.4 Å². The molecule has 0 radical (unpaired) electrons. The first-order valence-electron chi connectivity index (χ1n) is 6.54. The van der Waals surface area contributed by atoms with E-state index >= 15 is 0 Å². The van der Waals surface area contributed by atoms with Gasteiger partial charge in [0.25, 0.3) is 0 Å². The van der Waals surface area contributed by atoms with Crippen molar-refractivity contribution in [2.45, 2.75) is 33.2 Å². The molecule has 5 nitrogen and oxygen atoms in total. The van der Waals surface area contributed by atoms with Gasteiger partial charge < -0.3 is 15.4 Å². The van der Waals surface area contributed by atoms with Gasteiger partial charge in [-0.15, -0.1) is 11.3 Å². The standard InChI is InChI=1S/C13H23N3O2S/c1-5-14-10(3)11-8-19-13(15-11)16-12(17)6-9(2)7-18-4/h8-10,14H,5-7H2,1-4H3,(H,15,16,17). The molecule has 6 heteroatoms. The topological polar surface area (TPSA) is 63.2 Å². The van der Waals surface area contributed by atoms with Crippen molar-refractivity contribution < 1.29 is 9.53 Å². The molecule has 2 N–H and O–H groups in total. The highest BCUT2D eigenvalue weighted by Crippen LogP contribution is 2.20. The summed E-state index contributed by atoms with van der Waals surface area (Å²) in [6, 6.07) is 0.208. The summed E-state index contributed by atoms with van der Waals surface area (Å²) in [7, 11) is 1.64. The second-order valence-electron chi connectivity index (χ2n) is 4.67. The maximum Gasteiger partial charge on any atom is 0.226 e. The van der Waals surface area contributed by atoms with Gasteiger partial charge in [0, 0.05) is 31.6 Å². The monoisotopic (exact) mass is 285 g/mol. The van der Waals surface area contributed by atoms with Crippen LogP contribution in [0.3, 0.4) is 0 Å². The zero-order valence-electron chi connectivity index (χ0n) is 12.0. The van der Waals surface area contributed by atoms with Gasteiger partial charge in [-0.1, -0.05) is 13.8 Å². The van der Waals surface area contributed by atoms with Crippen LogP contribution in [0, 0.1) is 5.92 Å². The van der Waals surface area contributed by atoms with Crippen LogP contribution < -0.4 is 10.6 Å². The van der Waals surface area contributed by atoms with Crippen LogP contribution in [-0.4, -0.2) is 31.2 Å². The number of rotatable bonds is 8. The number of hydrogen-bond acceptors (Lipinski definition) is 5. The Bertz CT molecular complexity index is 395. The molecule has 0 aromatic carbocycles. The Balaban J connectivity index is 2.47. The van der Waals surface area contributed by atoms with E-state index in [4.69, 9.17) is 4.74 Å². The molecule has 0 bridgehead atoms. The van der Waals surface area contributed by atoms with Crippen LogP contribution in [0.4, 0.5) is 5.13 Å². The van der Waals surface area contributed by atoms with E-state index in [1.165, 1.54) is 11.3 Å². The number of carbonyl (C=O) groups excluding carboxylic acids is 1. The van der Waals surface area contributed by atoms with Gasteiger partial charge >= 0.3 is 0 Å². The summed E-state index contributed by atoms with van der Waals surface area (Å²) in [5.74, 6) is 0.201. The smallest absolute Gasteiger partial charge is 0.226 e. The fourth-order valence-corrected chi connectivity index (χ4v) is 2.60. The van der Waals surface area contributed by atoms with Crippen molar-refractivity contribution in [1.82, 2.24) is 10.3 Å². The molecular weight excluding hydrogens is 262 g/mol. The Kier molecular flexibility index (Phi) is 6.97. The Morgan fingerprint density at radius 1 is 1.53 bits per heavy atom. The van der Waals surface area contributed by atoms with Crippen molar-refractivity contribution in [3.05, 3.63) is 11.1 Å². The van der Waals surface area contributed by atoms with E-state index in [1.807, 2.05) is 12.3 Å². The van der Waals surface area contributed by atoms with Crippen LogP contribution in [0.15, 0.2) is 5.38 Å². The van der Waals surface area contributed by atoms with E-state index in [1.54, 1.807) is 7.11 Å². The largest absolute Gasteiger partial charge is 0.384 e. The lowest BCUT2D eigenvalue weighted by molar-refractivity contribution is -0.117. The molecule has 1 heterocycles. The van der Waals surface area contributed by atoms with Gasteiger partial charge in [-0.2, -0.15) is 0 Å². The van der Waals surface area contributed by atoms with Gasteiger partial charge in [0.1, 0.15) is 0 Å². The molecule has 2 unspecified atom stereocenters. The van der Waals surface area contributed by atoms with E-state index in [0.29, 0.717) is 18.2 Å². The average molecular weight is 285 g/mol. The Labute approximate surface area is 118 Å². The van der Waals surface area contributed by atoms with E-state index in [2.05, 4.69) is 29.5 Å². The molecule has 1 aromatic heterocycles. The van der Waals surface area contributed by atoms with E-state index in [0.717, 1.165) is 12.2 Å². The van der Waals surface area contributed by atoms with Crippen molar-refractivity contribution in [1.29, 1.82) is 0 Å². The van der Waals surface area contributed by atoms with Crippen molar-refractivity contribution in [2.24, 2.45) is 5.92 Å². The van der Waals surface area contributed by atoms with Crippen LogP contribution in [0.5, 0.6) is 0 Å². The lowest BCUT2D eigenvalue weighted by atomic mass is 10.1. The Morgan fingerprint density at radius 2 is 2.26 bits per heavy atom. The second kappa shape index (κ2) is 8.24. The minimum atomic E-state index is -0.0125. The van der Waals surface area contributed by atoms with Gasteiger partial charge in [0.2, 0.25) is 5.91 Å². The molecule has 1 rings (SSSR count). The fourth-order valence-electron chi connectivity index (χ4n) is 1.78. The van der Waals surface area contributed by atoms with Crippen LogP contribution in [0.1, 0.15) is 38.9 Å². The summed E-state index contributed by atoms with van der Waals surface area (Å²) in [5, 5.41) is 8.76. The summed E-state index contributed by atoms with van der Waals surface area (Å²) >= 11 is 1.46. The van der Waals surface area contributed by atoms with Crippen LogP contribution in [-0.2, 0) is 9.53 Å². The molecular formula is C13H23N3O2S. The van der Waals surface area contributed by atoms with Crippen LogP contribution in [0.25, 0.3) is 0 Å². The molecule has 1 amide bonds. The first-order chi connectivity index (χ1) is 9.06. The first-order valence-corrected chi connectivity index (χ1v) is 7.42. The van der Waals surface area contributed by atoms with Gasteiger partial charge in [0.15, 0.2) is 5.13 Å². The number of hydrogen-bond donors (Lipinski definition) is 2. The van der Waals surface area contributed by atoms with Crippen molar-refractivity contribution in [3.8, 4) is 0 Å². The average Bonchev–Trinajstić information content (AvgIpc) is 2.77. The lowest BCUT2D eigenvalue weighted by Crippen LogP contribution is -2.19. The number of nitrogens with one attached hydrogen (secondary N) is 2. The predicted molar refractivity (Wildman–Crippen MR) is 78.5 cm³/mol. The number of thiazole rings is 1. The predicted octanol–water partition coefficient (Wildman–Crippen LogP) is 2.42. The summed E-state index contributed by atoms with van der Waals surface area (Å²) in [6.07, 6.45) is 0.450. The minimum absolute atomic E-state index is 0.0125. The van der Waals surface area contributed by atoms with E-state index in [-0.39, 0.29) is 17.9 Å². The molecule has 0 aliphatic rings. The molecule has 0 saturated heterocycles. The Hall–Kier alpha value is -0.980. The molecule has 0 fully saturated rings. The third-order valence-electron chi connectivity index (χ3n) is 2.71. The maximum absolute atomic E-state index is 11.8. The molecule has 0 aliphatic heterocycles. The molecule has 0 aliphatic carbocycles. The molecule has 2 atom stereocenters. The third kappa shape index (κ3) is 5.67. The molecule has 0 spiro atoms. The van der Waals surface area contributed by atoms with Crippen molar-refractivity contribution in [3.63, 3.8) is 0 Å². The summed E-state index contributed by atoms with van der Waals surface area (Å²) in [5.41, 5.74) is 0.965. The van der Waals surface area contributed by atoms with Gasteiger partial charge in [-0.3, -0.25) is 4.79 Å². The zero-order chi connectivity index (χ0) is 14.3. The number of ether oxygens (including phenoxy) is 1. The molecule has 108 valence electrons.